The van der Waals surface area contributed by atoms with Crippen molar-refractivity contribution in [3.05, 3.63) is 78.5 Å². The van der Waals surface area contributed by atoms with Crippen molar-refractivity contribution in [1.29, 1.82) is 0 Å². The van der Waals surface area contributed by atoms with Gasteiger partial charge in [-0.15, -0.1) is 34.2 Å². The molecule has 4 aromatic rings. The van der Waals surface area contributed by atoms with Crippen molar-refractivity contribution in [2.45, 2.75) is 19.4 Å². The van der Waals surface area contributed by atoms with Crippen LogP contribution in [0.25, 0.3) is 11.3 Å². The lowest BCUT2D eigenvalue weighted by Gasteiger charge is -2.21. The highest BCUT2D eigenvalue weighted by Crippen LogP contribution is 2.09. The molecule has 0 saturated carbocycles. The third kappa shape index (κ3) is 5.60. The topological polar surface area (TPSA) is 75.6 Å². The van der Waals surface area contributed by atoms with Crippen molar-refractivity contribution >= 4 is 35.6 Å². The summed E-state index contributed by atoms with van der Waals surface area (Å²) in [6.07, 6.45) is 7.74. The van der Waals surface area contributed by atoms with Crippen molar-refractivity contribution in [3.8, 4) is 5.69 Å². The van der Waals surface area contributed by atoms with Gasteiger partial charge in [-0.1, -0.05) is 24.3 Å². The monoisotopic (exact) mass is 530 g/mol. The highest BCUT2D eigenvalue weighted by Gasteiger charge is 2.09. The summed E-state index contributed by atoms with van der Waals surface area (Å²) in [5, 5.41) is 16.4. The van der Waals surface area contributed by atoms with Gasteiger partial charge in [0.2, 0.25) is 0 Å². The van der Waals surface area contributed by atoms with E-state index >= 15 is 0 Å². The molecule has 4 rings (SSSR count). The first-order chi connectivity index (χ1) is 14.7. The summed E-state index contributed by atoms with van der Waals surface area (Å²) >= 11 is 0. The number of hydrogen-bond acceptors (Lipinski definition) is 4. The van der Waals surface area contributed by atoms with Gasteiger partial charge in [0.1, 0.15) is 5.82 Å². The fourth-order valence-corrected chi connectivity index (χ4v) is 3.41. The molecule has 0 aliphatic rings. The van der Waals surface area contributed by atoms with Gasteiger partial charge in [0.15, 0.2) is 11.6 Å². The van der Waals surface area contributed by atoms with Gasteiger partial charge < -0.3 is 10.2 Å². The quantitative estimate of drug-likeness (QED) is 0.172. The number of fused-ring (bicyclic) bond motifs is 1. The minimum Gasteiger partial charge on any atom is -0.356 e. The van der Waals surface area contributed by atoms with Crippen LogP contribution >= 0.6 is 24.0 Å². The maximum absolute atomic E-state index is 4.47. The Labute approximate surface area is 199 Å². The summed E-state index contributed by atoms with van der Waals surface area (Å²) in [5.41, 5.74) is 3.06. The summed E-state index contributed by atoms with van der Waals surface area (Å²) in [6.45, 7) is 1.53. The summed E-state index contributed by atoms with van der Waals surface area (Å²) < 4.78 is 3.92. The molecule has 0 atom stereocenters. The number of nitrogens with one attached hydrogen (secondary N) is 1. The molecule has 3 heterocycles. The number of pyridine rings is 1. The molecule has 1 N–H and O–H groups in total. The van der Waals surface area contributed by atoms with Gasteiger partial charge in [-0.25, -0.2) is 4.68 Å². The number of nitrogens with zero attached hydrogens (tertiary/aromatic N) is 7. The molecule has 0 spiro atoms. The van der Waals surface area contributed by atoms with Gasteiger partial charge in [-0.05, 0) is 30.7 Å². The largest absolute Gasteiger partial charge is 0.356 e. The van der Waals surface area contributed by atoms with Crippen LogP contribution in [0, 0.1) is 0 Å². The van der Waals surface area contributed by atoms with E-state index in [2.05, 4.69) is 36.7 Å². The Morgan fingerprint density at radius 3 is 2.71 bits per heavy atom. The number of benzene rings is 1. The predicted molar refractivity (Wildman–Crippen MR) is 133 cm³/mol. The first-order valence-corrected chi connectivity index (χ1v) is 10.0. The van der Waals surface area contributed by atoms with Crippen LogP contribution in [-0.4, -0.2) is 55.9 Å². The number of halogens is 1. The SMILES string of the molecule is CN=C(NCCCc1nnc2ccccn12)N(C)Cc1cnn(-c2ccccc2)c1.I. The van der Waals surface area contributed by atoms with Crippen molar-refractivity contribution in [2.75, 3.05) is 20.6 Å². The van der Waals surface area contributed by atoms with Gasteiger partial charge in [-0.2, -0.15) is 5.10 Å². The first-order valence-electron chi connectivity index (χ1n) is 10.0. The highest BCUT2D eigenvalue weighted by atomic mass is 127. The molecule has 0 fully saturated rings. The first kappa shape index (κ1) is 22.7. The van der Waals surface area contributed by atoms with E-state index in [0.29, 0.717) is 0 Å². The molecule has 0 radical (unpaired) electrons. The number of para-hydroxylation sites is 1. The zero-order valence-corrected chi connectivity index (χ0v) is 20.0. The van der Waals surface area contributed by atoms with Crippen molar-refractivity contribution in [3.63, 3.8) is 0 Å². The fraction of sp³-hybridized carbons (Fsp3) is 0.273. The highest BCUT2D eigenvalue weighted by molar-refractivity contribution is 14.0. The van der Waals surface area contributed by atoms with Crippen LogP contribution in [-0.2, 0) is 13.0 Å². The number of aromatic nitrogens is 5. The summed E-state index contributed by atoms with van der Waals surface area (Å²) in [4.78, 5) is 6.50. The number of hydrogen-bond donors (Lipinski definition) is 1. The second-order valence-electron chi connectivity index (χ2n) is 7.11. The molecule has 0 amide bonds. The molecule has 0 aliphatic heterocycles. The minimum atomic E-state index is 0. The van der Waals surface area contributed by atoms with E-state index in [4.69, 9.17) is 0 Å². The molecule has 1 aromatic carbocycles. The molecular formula is C22H27IN8. The molecule has 0 saturated heterocycles. The van der Waals surface area contributed by atoms with E-state index in [0.717, 1.165) is 54.6 Å². The third-order valence-electron chi connectivity index (χ3n) is 4.89. The van der Waals surface area contributed by atoms with E-state index in [-0.39, 0.29) is 24.0 Å². The second kappa shape index (κ2) is 10.9. The Bertz CT molecular complexity index is 1120. The smallest absolute Gasteiger partial charge is 0.193 e. The average molecular weight is 530 g/mol. The van der Waals surface area contributed by atoms with Gasteiger partial charge in [-0.3, -0.25) is 9.39 Å². The summed E-state index contributed by atoms with van der Waals surface area (Å²) in [5.74, 6) is 1.83. The van der Waals surface area contributed by atoms with E-state index in [1.165, 1.54) is 0 Å². The number of aryl methyl sites for hydroxylation is 1. The van der Waals surface area contributed by atoms with Crippen molar-refractivity contribution < 1.29 is 0 Å². The molecule has 162 valence electrons. The maximum Gasteiger partial charge on any atom is 0.193 e. The third-order valence-corrected chi connectivity index (χ3v) is 4.89. The van der Waals surface area contributed by atoms with Crippen LogP contribution < -0.4 is 5.32 Å². The standard InChI is InChI=1S/C22H26N8.HI/c1-23-22(24-13-8-12-21-27-26-20-11-6-7-14-29(20)21)28(2)16-18-15-25-30(17-18)19-9-4-3-5-10-19;/h3-7,9-11,14-15,17H,8,12-13,16H2,1-2H3,(H,23,24);1H. The zero-order valence-electron chi connectivity index (χ0n) is 17.7. The minimum absolute atomic E-state index is 0. The predicted octanol–water partition coefficient (Wildman–Crippen LogP) is 3.17. The average Bonchev–Trinajstić information content (AvgIpc) is 3.41. The van der Waals surface area contributed by atoms with Gasteiger partial charge >= 0.3 is 0 Å². The Morgan fingerprint density at radius 2 is 1.90 bits per heavy atom. The van der Waals surface area contributed by atoms with Gasteiger partial charge in [0.05, 0.1) is 11.9 Å². The van der Waals surface area contributed by atoms with Crippen molar-refractivity contribution in [1.82, 2.24) is 34.6 Å². The number of guanidine groups is 1. The van der Waals surface area contributed by atoms with Crippen LogP contribution in [0.3, 0.4) is 0 Å². The molecule has 9 heteroatoms. The lowest BCUT2D eigenvalue weighted by Crippen LogP contribution is -2.38. The lowest BCUT2D eigenvalue weighted by molar-refractivity contribution is 0.475. The molecule has 31 heavy (non-hydrogen) atoms. The van der Waals surface area contributed by atoms with E-state index in [1.54, 1.807) is 7.05 Å². The van der Waals surface area contributed by atoms with Crippen LogP contribution in [0.5, 0.6) is 0 Å². The fourth-order valence-electron chi connectivity index (χ4n) is 3.41. The zero-order chi connectivity index (χ0) is 20.8. The van der Waals surface area contributed by atoms with Gasteiger partial charge in [0, 0.05) is 51.6 Å². The molecule has 0 aliphatic carbocycles. The van der Waals surface area contributed by atoms with E-state index in [1.807, 2.05) is 77.1 Å². The maximum atomic E-state index is 4.47. The van der Waals surface area contributed by atoms with Crippen LogP contribution in [0.4, 0.5) is 0 Å². The Morgan fingerprint density at radius 1 is 1.10 bits per heavy atom. The van der Waals surface area contributed by atoms with Crippen LogP contribution in [0.15, 0.2) is 72.1 Å². The van der Waals surface area contributed by atoms with E-state index < -0.39 is 0 Å². The molecular weight excluding hydrogens is 503 g/mol. The van der Waals surface area contributed by atoms with E-state index in [9.17, 15) is 0 Å². The Kier molecular flexibility index (Phi) is 7.99. The van der Waals surface area contributed by atoms with Gasteiger partial charge in [0.25, 0.3) is 0 Å². The number of rotatable bonds is 7. The Hall–Kier alpha value is -2.95. The summed E-state index contributed by atoms with van der Waals surface area (Å²) in [6, 6.07) is 16.0. The number of aliphatic imine (C=N–C) groups is 1. The van der Waals surface area contributed by atoms with Crippen molar-refractivity contribution in [2.24, 2.45) is 4.99 Å². The second-order valence-corrected chi connectivity index (χ2v) is 7.11. The van der Waals surface area contributed by atoms with Crippen LogP contribution in [0.1, 0.15) is 17.8 Å². The normalized spacial score (nSPS) is 11.4. The molecule has 3 aromatic heterocycles. The molecule has 0 bridgehead atoms. The lowest BCUT2D eigenvalue weighted by atomic mass is 10.3. The Balaban J connectivity index is 0.00000272. The van der Waals surface area contributed by atoms with Crippen LogP contribution in [0.2, 0.25) is 0 Å². The summed E-state index contributed by atoms with van der Waals surface area (Å²) in [7, 11) is 3.83. The molecule has 8 nitrogen and oxygen atoms in total. The molecule has 0 unspecified atom stereocenters.